The van der Waals surface area contributed by atoms with Crippen LogP contribution in [-0.4, -0.2) is 43.5 Å². The van der Waals surface area contributed by atoms with Crippen LogP contribution in [0.2, 0.25) is 10.0 Å². The first kappa shape index (κ1) is 22.1. The van der Waals surface area contributed by atoms with E-state index < -0.39 is 0 Å². The van der Waals surface area contributed by atoms with Crippen LogP contribution in [0, 0.1) is 5.92 Å². The van der Waals surface area contributed by atoms with Gasteiger partial charge >= 0.3 is 5.97 Å². The van der Waals surface area contributed by atoms with E-state index in [1.807, 2.05) is 24.3 Å². The Bertz CT molecular complexity index is 948. The second kappa shape index (κ2) is 9.60. The van der Waals surface area contributed by atoms with Gasteiger partial charge in [0.2, 0.25) is 5.91 Å². The Morgan fingerprint density at radius 1 is 1.06 bits per heavy atom. The van der Waals surface area contributed by atoms with Crippen molar-refractivity contribution in [2.45, 2.75) is 31.7 Å². The highest BCUT2D eigenvalue weighted by Gasteiger charge is 2.39. The lowest BCUT2D eigenvalue weighted by atomic mass is 9.87. The number of hydrogen-bond donors (Lipinski definition) is 1. The van der Waals surface area contributed by atoms with E-state index in [1.165, 1.54) is 13.5 Å². The fourth-order valence-electron chi connectivity index (χ4n) is 4.70. The summed E-state index contributed by atoms with van der Waals surface area (Å²) in [7, 11) is 1.36. The highest BCUT2D eigenvalue weighted by molar-refractivity contribution is 6.36. The maximum absolute atomic E-state index is 12.6. The summed E-state index contributed by atoms with van der Waals surface area (Å²) in [6, 6.07) is 10.8. The lowest BCUT2D eigenvalue weighted by Gasteiger charge is -2.38. The zero-order valence-corrected chi connectivity index (χ0v) is 19.0. The van der Waals surface area contributed by atoms with Crippen molar-refractivity contribution >= 4 is 35.1 Å². The van der Waals surface area contributed by atoms with Gasteiger partial charge in [0.25, 0.3) is 0 Å². The predicted molar refractivity (Wildman–Crippen MR) is 123 cm³/mol. The fraction of sp³-hybridized carbons (Fsp3) is 0.417. The SMILES string of the molecule is COC(=O)c1ccc(-c2cc(Cl)c(C(C3CCNC3=O)N3CCCCC3)c(Cl)c2)cc1. The number of likely N-dealkylation sites (tertiary alicyclic amines) is 1. The molecule has 2 unspecified atom stereocenters. The third kappa shape index (κ3) is 4.59. The summed E-state index contributed by atoms with van der Waals surface area (Å²) in [4.78, 5) is 26.7. The summed E-state index contributed by atoms with van der Waals surface area (Å²) in [5.74, 6) is -0.458. The standard InChI is InChI=1S/C24H26Cl2N2O3/c1-31-24(30)16-7-5-15(6-8-16)17-13-19(25)21(20(26)14-17)22(18-9-10-27-23(18)29)28-11-3-2-4-12-28/h5-8,13-14,18,22H,2-4,9-12H2,1H3,(H,27,29). The Balaban J connectivity index is 1.70. The van der Waals surface area contributed by atoms with E-state index in [-0.39, 0.29) is 23.8 Å². The maximum atomic E-state index is 12.6. The van der Waals surface area contributed by atoms with Crippen molar-refractivity contribution in [1.82, 2.24) is 10.2 Å². The van der Waals surface area contributed by atoms with Crippen molar-refractivity contribution in [2.75, 3.05) is 26.7 Å². The van der Waals surface area contributed by atoms with Crippen molar-refractivity contribution in [1.29, 1.82) is 0 Å². The number of halogens is 2. The quantitative estimate of drug-likeness (QED) is 0.629. The summed E-state index contributed by atoms with van der Waals surface area (Å²) in [5, 5.41) is 4.09. The number of nitrogens with zero attached hydrogens (tertiary/aromatic N) is 1. The molecule has 7 heteroatoms. The Hall–Kier alpha value is -2.08. The van der Waals surface area contributed by atoms with Crippen LogP contribution in [0.25, 0.3) is 11.1 Å². The molecule has 2 aromatic carbocycles. The molecule has 31 heavy (non-hydrogen) atoms. The summed E-state index contributed by atoms with van der Waals surface area (Å²) in [5.41, 5.74) is 3.08. The minimum atomic E-state index is -0.378. The number of carbonyl (C=O) groups is 2. The minimum absolute atomic E-state index is 0.0742. The van der Waals surface area contributed by atoms with Crippen LogP contribution in [0.5, 0.6) is 0 Å². The molecule has 1 amide bonds. The van der Waals surface area contributed by atoms with E-state index in [0.29, 0.717) is 22.2 Å². The van der Waals surface area contributed by atoms with Gasteiger partial charge in [-0.2, -0.15) is 0 Å². The van der Waals surface area contributed by atoms with Gasteiger partial charge in [0.05, 0.1) is 18.6 Å². The smallest absolute Gasteiger partial charge is 0.337 e. The van der Waals surface area contributed by atoms with Gasteiger partial charge in [-0.25, -0.2) is 4.79 Å². The molecule has 2 saturated heterocycles. The van der Waals surface area contributed by atoms with Crippen LogP contribution in [0.4, 0.5) is 0 Å². The number of esters is 1. The number of benzene rings is 2. The Morgan fingerprint density at radius 3 is 2.26 bits per heavy atom. The molecule has 0 aliphatic carbocycles. The van der Waals surface area contributed by atoms with E-state index >= 15 is 0 Å². The van der Waals surface area contributed by atoms with Crippen LogP contribution in [0.1, 0.15) is 47.6 Å². The van der Waals surface area contributed by atoms with Gasteiger partial charge in [-0.05, 0) is 67.7 Å². The highest BCUT2D eigenvalue weighted by atomic mass is 35.5. The van der Waals surface area contributed by atoms with Gasteiger partial charge in [0.15, 0.2) is 0 Å². The van der Waals surface area contributed by atoms with Gasteiger partial charge in [0.1, 0.15) is 0 Å². The summed E-state index contributed by atoms with van der Waals surface area (Å²) >= 11 is 13.6. The molecule has 4 rings (SSSR count). The van der Waals surface area contributed by atoms with Crippen LogP contribution < -0.4 is 5.32 Å². The lowest BCUT2D eigenvalue weighted by Crippen LogP contribution is -2.40. The highest BCUT2D eigenvalue weighted by Crippen LogP contribution is 2.43. The zero-order chi connectivity index (χ0) is 22.0. The first-order chi connectivity index (χ1) is 15.0. The first-order valence-corrected chi connectivity index (χ1v) is 11.4. The van der Waals surface area contributed by atoms with Crippen LogP contribution in [-0.2, 0) is 9.53 Å². The van der Waals surface area contributed by atoms with Crippen molar-refractivity contribution in [3.63, 3.8) is 0 Å². The van der Waals surface area contributed by atoms with Crippen molar-refractivity contribution < 1.29 is 14.3 Å². The predicted octanol–water partition coefficient (Wildman–Crippen LogP) is 5.11. The second-order valence-electron chi connectivity index (χ2n) is 8.15. The molecule has 0 bridgehead atoms. The average Bonchev–Trinajstić information content (AvgIpc) is 3.21. The van der Waals surface area contributed by atoms with E-state index in [0.717, 1.165) is 49.0 Å². The molecular formula is C24H26Cl2N2O3. The number of methoxy groups -OCH3 is 1. The molecule has 0 radical (unpaired) electrons. The van der Waals surface area contributed by atoms with E-state index in [4.69, 9.17) is 27.9 Å². The second-order valence-corrected chi connectivity index (χ2v) is 8.96. The van der Waals surface area contributed by atoms with Crippen molar-refractivity contribution in [3.8, 4) is 11.1 Å². The summed E-state index contributed by atoms with van der Waals surface area (Å²) in [6.45, 7) is 2.57. The number of nitrogens with one attached hydrogen (secondary N) is 1. The number of hydrogen-bond acceptors (Lipinski definition) is 4. The van der Waals surface area contributed by atoms with Crippen LogP contribution in [0.3, 0.4) is 0 Å². The van der Waals surface area contributed by atoms with Crippen LogP contribution >= 0.6 is 23.2 Å². The largest absolute Gasteiger partial charge is 0.465 e. The molecule has 2 heterocycles. The number of rotatable bonds is 5. The molecule has 2 aromatic rings. The number of piperidine rings is 1. The molecule has 2 atom stereocenters. The van der Waals surface area contributed by atoms with Gasteiger partial charge in [-0.3, -0.25) is 9.69 Å². The normalized spacial score (nSPS) is 20.4. The van der Waals surface area contributed by atoms with E-state index in [2.05, 4.69) is 10.2 Å². The third-order valence-electron chi connectivity index (χ3n) is 6.27. The average molecular weight is 461 g/mol. The third-order valence-corrected chi connectivity index (χ3v) is 6.90. The van der Waals surface area contributed by atoms with Crippen molar-refractivity contribution in [3.05, 3.63) is 57.6 Å². The Kier molecular flexibility index (Phi) is 6.85. The topological polar surface area (TPSA) is 58.6 Å². The molecule has 2 fully saturated rings. The van der Waals surface area contributed by atoms with Crippen molar-refractivity contribution in [2.24, 2.45) is 5.92 Å². The van der Waals surface area contributed by atoms with E-state index in [1.54, 1.807) is 12.1 Å². The maximum Gasteiger partial charge on any atom is 0.337 e. The van der Waals surface area contributed by atoms with Gasteiger partial charge in [-0.1, -0.05) is 41.8 Å². The molecule has 2 aliphatic heterocycles. The molecule has 0 saturated carbocycles. The molecule has 0 spiro atoms. The Morgan fingerprint density at radius 2 is 1.71 bits per heavy atom. The lowest BCUT2D eigenvalue weighted by molar-refractivity contribution is -0.124. The number of amides is 1. The monoisotopic (exact) mass is 460 g/mol. The van der Waals surface area contributed by atoms with Gasteiger partial charge < -0.3 is 10.1 Å². The molecule has 1 N–H and O–H groups in total. The van der Waals surface area contributed by atoms with Gasteiger partial charge in [-0.15, -0.1) is 0 Å². The molecule has 2 aliphatic rings. The Labute approximate surface area is 192 Å². The first-order valence-electron chi connectivity index (χ1n) is 10.7. The van der Waals surface area contributed by atoms with Gasteiger partial charge in [0, 0.05) is 28.2 Å². The molecule has 0 aromatic heterocycles. The van der Waals surface area contributed by atoms with Crippen LogP contribution in [0.15, 0.2) is 36.4 Å². The molecular weight excluding hydrogens is 435 g/mol. The molecule has 164 valence electrons. The summed E-state index contributed by atoms with van der Waals surface area (Å²) in [6.07, 6.45) is 4.22. The fourth-order valence-corrected chi connectivity index (χ4v) is 5.41. The number of ether oxygens (including phenoxy) is 1. The van der Waals surface area contributed by atoms with E-state index in [9.17, 15) is 9.59 Å². The minimum Gasteiger partial charge on any atom is -0.465 e. The zero-order valence-electron chi connectivity index (χ0n) is 17.5. The number of carbonyl (C=O) groups excluding carboxylic acids is 2. The summed E-state index contributed by atoms with van der Waals surface area (Å²) < 4.78 is 4.76. The molecule has 5 nitrogen and oxygen atoms in total.